The minimum atomic E-state index is 0.129. The Hall–Kier alpha value is -2.21. The van der Waals surface area contributed by atoms with Crippen LogP contribution < -0.4 is 5.32 Å². The molecule has 0 bridgehead atoms. The maximum atomic E-state index is 13.1. The lowest BCUT2D eigenvalue weighted by atomic mass is 9.90. The predicted molar refractivity (Wildman–Crippen MR) is 109 cm³/mol. The number of hydrogen-bond donors (Lipinski definition) is 1. The van der Waals surface area contributed by atoms with Crippen molar-refractivity contribution in [3.8, 4) is 0 Å². The van der Waals surface area contributed by atoms with Crippen LogP contribution in [0.25, 0.3) is 0 Å². The van der Waals surface area contributed by atoms with E-state index >= 15 is 0 Å². The van der Waals surface area contributed by atoms with Crippen LogP contribution >= 0.6 is 0 Å². The SMILES string of the molecule is CC(C)Cn1nc(C(=O)N2CCCC2)c2c1CC[C@H](NCc1cccnc1)C2. The first-order valence-corrected chi connectivity index (χ1v) is 10.6. The molecular weight excluding hydrogens is 350 g/mol. The Kier molecular flexibility index (Phi) is 5.76. The number of nitrogens with one attached hydrogen (secondary N) is 1. The van der Waals surface area contributed by atoms with E-state index in [4.69, 9.17) is 5.10 Å². The molecule has 6 nitrogen and oxygen atoms in total. The Labute approximate surface area is 167 Å². The zero-order chi connectivity index (χ0) is 19.5. The van der Waals surface area contributed by atoms with Gasteiger partial charge in [0.1, 0.15) is 0 Å². The van der Waals surface area contributed by atoms with Crippen LogP contribution in [0.2, 0.25) is 0 Å². The van der Waals surface area contributed by atoms with E-state index < -0.39 is 0 Å². The lowest BCUT2D eigenvalue weighted by molar-refractivity contribution is 0.0784. The van der Waals surface area contributed by atoms with Crippen LogP contribution in [0.3, 0.4) is 0 Å². The van der Waals surface area contributed by atoms with E-state index in [0.29, 0.717) is 17.7 Å². The van der Waals surface area contributed by atoms with Gasteiger partial charge < -0.3 is 10.2 Å². The Morgan fingerprint density at radius 2 is 2.14 bits per heavy atom. The van der Waals surface area contributed by atoms with Crippen molar-refractivity contribution in [2.24, 2.45) is 5.92 Å². The number of rotatable bonds is 6. The second-order valence-corrected chi connectivity index (χ2v) is 8.53. The van der Waals surface area contributed by atoms with Gasteiger partial charge in [-0.1, -0.05) is 19.9 Å². The average molecular weight is 382 g/mol. The lowest BCUT2D eigenvalue weighted by Gasteiger charge is -2.25. The molecule has 1 amide bonds. The summed E-state index contributed by atoms with van der Waals surface area (Å²) in [6.07, 6.45) is 8.86. The van der Waals surface area contributed by atoms with Gasteiger partial charge in [-0.25, -0.2) is 0 Å². The molecule has 1 aliphatic heterocycles. The number of carbonyl (C=O) groups excluding carboxylic acids is 1. The molecule has 4 rings (SSSR count). The van der Waals surface area contributed by atoms with E-state index in [9.17, 15) is 4.79 Å². The topological polar surface area (TPSA) is 63.1 Å². The molecule has 6 heteroatoms. The van der Waals surface area contributed by atoms with Gasteiger partial charge in [-0.2, -0.15) is 5.10 Å². The van der Waals surface area contributed by atoms with Crippen LogP contribution in [0.5, 0.6) is 0 Å². The van der Waals surface area contributed by atoms with Crippen LogP contribution in [-0.2, 0) is 25.9 Å². The Morgan fingerprint density at radius 1 is 1.32 bits per heavy atom. The monoisotopic (exact) mass is 381 g/mol. The number of fused-ring (bicyclic) bond motifs is 1. The lowest BCUT2D eigenvalue weighted by Crippen LogP contribution is -2.35. The Balaban J connectivity index is 1.53. The van der Waals surface area contributed by atoms with Crippen LogP contribution in [0.15, 0.2) is 24.5 Å². The van der Waals surface area contributed by atoms with Crippen LogP contribution in [0.4, 0.5) is 0 Å². The third-order valence-corrected chi connectivity index (χ3v) is 5.80. The van der Waals surface area contributed by atoms with Crippen molar-refractivity contribution in [3.05, 3.63) is 47.0 Å². The molecule has 3 heterocycles. The molecule has 1 saturated heterocycles. The molecule has 2 aliphatic rings. The second-order valence-electron chi connectivity index (χ2n) is 8.53. The first kappa shape index (κ1) is 19.1. The quantitative estimate of drug-likeness (QED) is 0.836. The van der Waals surface area contributed by atoms with Crippen molar-refractivity contribution < 1.29 is 4.79 Å². The zero-order valence-corrected chi connectivity index (χ0v) is 17.0. The summed E-state index contributed by atoms with van der Waals surface area (Å²) >= 11 is 0. The molecule has 0 unspecified atom stereocenters. The van der Waals surface area contributed by atoms with Crippen LogP contribution in [0.1, 0.15) is 60.4 Å². The fraction of sp³-hybridized carbons (Fsp3) is 0.591. The van der Waals surface area contributed by atoms with E-state index in [0.717, 1.165) is 58.3 Å². The van der Waals surface area contributed by atoms with Crippen LogP contribution in [0, 0.1) is 5.92 Å². The van der Waals surface area contributed by atoms with Crippen molar-refractivity contribution in [2.75, 3.05) is 13.1 Å². The molecule has 2 aromatic heterocycles. The molecule has 0 aromatic carbocycles. The standard InChI is InChI=1S/C22H31N5O/c1-16(2)15-27-20-8-7-18(24-14-17-6-5-9-23-13-17)12-19(20)21(25-27)22(28)26-10-3-4-11-26/h5-6,9,13,16,18,24H,3-4,7-8,10-12,14-15H2,1-2H3/t18-/m0/s1. The molecular formula is C22H31N5O. The summed E-state index contributed by atoms with van der Waals surface area (Å²) in [5, 5.41) is 8.48. The highest BCUT2D eigenvalue weighted by atomic mass is 16.2. The van der Waals surface area contributed by atoms with Gasteiger partial charge >= 0.3 is 0 Å². The van der Waals surface area contributed by atoms with Crippen molar-refractivity contribution >= 4 is 5.91 Å². The molecule has 28 heavy (non-hydrogen) atoms. The minimum absolute atomic E-state index is 0.129. The van der Waals surface area contributed by atoms with E-state index in [1.165, 1.54) is 16.8 Å². The highest BCUT2D eigenvalue weighted by Crippen LogP contribution is 2.27. The first-order valence-electron chi connectivity index (χ1n) is 10.6. The number of hydrogen-bond acceptors (Lipinski definition) is 4. The molecule has 1 N–H and O–H groups in total. The summed E-state index contributed by atoms with van der Waals surface area (Å²) < 4.78 is 2.11. The third-order valence-electron chi connectivity index (χ3n) is 5.80. The highest BCUT2D eigenvalue weighted by Gasteiger charge is 2.31. The summed E-state index contributed by atoms with van der Waals surface area (Å²) in [7, 11) is 0. The largest absolute Gasteiger partial charge is 0.337 e. The molecule has 0 saturated carbocycles. The second kappa shape index (κ2) is 8.43. The fourth-order valence-corrected chi connectivity index (χ4v) is 4.37. The molecule has 1 aliphatic carbocycles. The first-order chi connectivity index (χ1) is 13.6. The van der Waals surface area contributed by atoms with E-state index in [-0.39, 0.29) is 5.91 Å². The van der Waals surface area contributed by atoms with Gasteiger partial charge in [0.25, 0.3) is 5.91 Å². The Morgan fingerprint density at radius 3 is 2.86 bits per heavy atom. The highest BCUT2D eigenvalue weighted by molar-refractivity contribution is 5.94. The maximum absolute atomic E-state index is 13.1. The summed E-state index contributed by atoms with van der Waals surface area (Å²) in [4.78, 5) is 19.3. The predicted octanol–water partition coefficient (Wildman–Crippen LogP) is 2.82. The molecule has 150 valence electrons. The van der Waals surface area contributed by atoms with Gasteiger partial charge in [0.05, 0.1) is 0 Å². The number of aromatic nitrogens is 3. The normalized spacial score (nSPS) is 19.2. The molecule has 2 aromatic rings. The van der Waals surface area contributed by atoms with E-state index in [2.05, 4.69) is 34.9 Å². The number of likely N-dealkylation sites (tertiary alicyclic amines) is 1. The maximum Gasteiger partial charge on any atom is 0.274 e. The van der Waals surface area contributed by atoms with Crippen LogP contribution in [-0.4, -0.2) is 44.7 Å². The number of nitrogens with zero attached hydrogens (tertiary/aromatic N) is 4. The average Bonchev–Trinajstić information content (AvgIpc) is 3.35. The molecule has 1 fully saturated rings. The van der Waals surface area contributed by atoms with Crippen molar-refractivity contribution in [1.29, 1.82) is 0 Å². The zero-order valence-electron chi connectivity index (χ0n) is 17.0. The summed E-state index contributed by atoms with van der Waals surface area (Å²) in [5.41, 5.74) is 4.34. The summed E-state index contributed by atoms with van der Waals surface area (Å²) in [5.74, 6) is 0.643. The third kappa shape index (κ3) is 4.12. The smallest absolute Gasteiger partial charge is 0.274 e. The van der Waals surface area contributed by atoms with Gasteiger partial charge in [-0.15, -0.1) is 0 Å². The van der Waals surface area contributed by atoms with Crippen molar-refractivity contribution in [2.45, 2.75) is 65.1 Å². The molecule has 1 atom stereocenters. The fourth-order valence-electron chi connectivity index (χ4n) is 4.37. The summed E-state index contributed by atoms with van der Waals surface area (Å²) in [6, 6.07) is 4.44. The summed E-state index contributed by atoms with van der Waals surface area (Å²) in [6.45, 7) is 7.83. The van der Waals surface area contributed by atoms with E-state index in [1.54, 1.807) is 6.20 Å². The van der Waals surface area contributed by atoms with E-state index in [1.807, 2.05) is 17.2 Å². The number of amides is 1. The number of carbonyl (C=O) groups is 1. The van der Waals surface area contributed by atoms with Gasteiger partial charge in [-0.3, -0.25) is 14.5 Å². The molecule has 0 radical (unpaired) electrons. The molecule has 0 spiro atoms. The Bertz CT molecular complexity index is 808. The van der Waals surface area contributed by atoms with Gasteiger partial charge in [0.2, 0.25) is 0 Å². The van der Waals surface area contributed by atoms with Crippen molar-refractivity contribution in [3.63, 3.8) is 0 Å². The van der Waals surface area contributed by atoms with Gasteiger partial charge in [0.15, 0.2) is 5.69 Å². The minimum Gasteiger partial charge on any atom is -0.337 e. The van der Waals surface area contributed by atoms with Crippen molar-refractivity contribution in [1.82, 2.24) is 25.0 Å². The number of pyridine rings is 1. The van der Waals surface area contributed by atoms with Gasteiger partial charge in [0, 0.05) is 55.9 Å². The van der Waals surface area contributed by atoms with Gasteiger partial charge in [-0.05, 0) is 49.7 Å².